The average molecular weight is 505 g/mol. The zero-order chi connectivity index (χ0) is 23.7. The third-order valence-corrected chi connectivity index (χ3v) is 5.82. The van der Waals surface area contributed by atoms with Crippen LogP contribution in [0.3, 0.4) is 0 Å². The molecule has 0 fully saturated rings. The first kappa shape index (κ1) is 25.7. The maximum atomic E-state index is 13.1. The molecule has 0 radical (unpaired) electrons. The highest BCUT2D eigenvalue weighted by Gasteiger charge is 2.26. The number of ether oxygens (including phenoxy) is 2. The molecule has 2 rings (SSSR count). The summed E-state index contributed by atoms with van der Waals surface area (Å²) in [5, 5.41) is 2.87. The summed E-state index contributed by atoms with van der Waals surface area (Å²) < 4.78 is 11.8. The van der Waals surface area contributed by atoms with Crippen molar-refractivity contribution >= 4 is 27.7 Å². The predicted molar refractivity (Wildman–Crippen MR) is 130 cm³/mol. The second-order valence-electron chi connectivity index (χ2n) is 7.97. The van der Waals surface area contributed by atoms with E-state index in [1.165, 1.54) is 5.56 Å². The summed E-state index contributed by atoms with van der Waals surface area (Å²) in [6, 6.07) is 12.7. The van der Waals surface area contributed by atoms with Crippen LogP contribution in [0.25, 0.3) is 0 Å². The number of nitrogens with one attached hydrogen (secondary N) is 1. The summed E-state index contributed by atoms with van der Waals surface area (Å²) in [6.07, 6.45) is 0.828. The molecule has 1 N–H and O–H groups in total. The summed E-state index contributed by atoms with van der Waals surface area (Å²) in [4.78, 5) is 27.3. The van der Waals surface area contributed by atoms with Gasteiger partial charge in [-0.3, -0.25) is 9.59 Å². The smallest absolute Gasteiger partial charge is 0.261 e. The number of carbonyl (C=O) groups is 2. The molecule has 0 aliphatic rings. The Bertz CT molecular complexity index is 899. The average Bonchev–Trinajstić information content (AvgIpc) is 2.79. The van der Waals surface area contributed by atoms with Gasteiger partial charge in [0.25, 0.3) is 5.91 Å². The Morgan fingerprint density at radius 2 is 1.78 bits per heavy atom. The topological polar surface area (TPSA) is 67.9 Å². The van der Waals surface area contributed by atoms with Crippen LogP contribution in [-0.2, 0) is 16.1 Å². The van der Waals surface area contributed by atoms with Crippen molar-refractivity contribution in [3.05, 3.63) is 58.1 Å². The van der Waals surface area contributed by atoms with Crippen molar-refractivity contribution in [2.45, 2.75) is 52.6 Å². The molecule has 2 aromatic carbocycles. The molecule has 0 unspecified atom stereocenters. The monoisotopic (exact) mass is 504 g/mol. The lowest BCUT2D eigenvalue weighted by Gasteiger charge is -2.29. The first-order valence-electron chi connectivity index (χ1n) is 10.9. The minimum atomic E-state index is -0.633. The molecule has 2 amide bonds. The molecule has 0 aliphatic carbocycles. The lowest BCUT2D eigenvalue weighted by Crippen LogP contribution is -2.49. The Labute approximate surface area is 199 Å². The van der Waals surface area contributed by atoms with E-state index in [1.807, 2.05) is 49.4 Å². The van der Waals surface area contributed by atoms with Crippen molar-refractivity contribution in [2.24, 2.45) is 0 Å². The van der Waals surface area contributed by atoms with Crippen LogP contribution in [-0.4, -0.2) is 43.0 Å². The fourth-order valence-electron chi connectivity index (χ4n) is 3.12. The Balaban J connectivity index is 2.15. The zero-order valence-electron chi connectivity index (χ0n) is 19.5. The maximum Gasteiger partial charge on any atom is 0.261 e. The minimum Gasteiger partial charge on any atom is -0.497 e. The highest BCUT2D eigenvalue weighted by Crippen LogP contribution is 2.29. The number of rotatable bonds is 11. The van der Waals surface area contributed by atoms with Crippen molar-refractivity contribution in [1.29, 1.82) is 0 Å². The van der Waals surface area contributed by atoms with Gasteiger partial charge < -0.3 is 19.7 Å². The molecule has 6 nitrogen and oxygen atoms in total. The number of nitrogens with zero attached hydrogens (tertiary/aromatic N) is 1. The lowest BCUT2D eigenvalue weighted by atomic mass is 10.0. The van der Waals surface area contributed by atoms with Gasteiger partial charge in [-0.15, -0.1) is 0 Å². The van der Waals surface area contributed by atoms with Crippen LogP contribution in [0.15, 0.2) is 46.9 Å². The van der Waals surface area contributed by atoms with E-state index >= 15 is 0 Å². The second kappa shape index (κ2) is 12.5. The number of hydrogen-bond donors (Lipinski definition) is 1. The van der Waals surface area contributed by atoms with Gasteiger partial charge in [0.15, 0.2) is 6.61 Å². The normalized spacial score (nSPS) is 11.7. The number of benzene rings is 2. The predicted octanol–water partition coefficient (Wildman–Crippen LogP) is 4.90. The zero-order valence-corrected chi connectivity index (χ0v) is 21.1. The van der Waals surface area contributed by atoms with Gasteiger partial charge in [0.2, 0.25) is 5.91 Å². The first-order valence-corrected chi connectivity index (χ1v) is 11.7. The van der Waals surface area contributed by atoms with Gasteiger partial charge in [-0.25, -0.2) is 0 Å². The maximum absolute atomic E-state index is 13.1. The number of amides is 2. The van der Waals surface area contributed by atoms with Crippen LogP contribution in [0.5, 0.6) is 11.5 Å². The van der Waals surface area contributed by atoms with Crippen LogP contribution in [0.1, 0.15) is 51.2 Å². The van der Waals surface area contributed by atoms with E-state index in [2.05, 4.69) is 35.1 Å². The van der Waals surface area contributed by atoms with Crippen LogP contribution >= 0.6 is 15.9 Å². The van der Waals surface area contributed by atoms with Crippen molar-refractivity contribution in [2.75, 3.05) is 20.3 Å². The van der Waals surface area contributed by atoms with E-state index in [9.17, 15) is 9.59 Å². The molecular formula is C25H33BrN2O4. The minimum absolute atomic E-state index is 0.165. The van der Waals surface area contributed by atoms with Gasteiger partial charge >= 0.3 is 0 Å². The number of hydrogen-bond acceptors (Lipinski definition) is 4. The standard InChI is InChI=1S/C25H33BrN2O4/c1-6-13-27-25(30)18(4)28(15-19-7-10-21(31-5)11-8-19)24(29)16-32-23-12-9-20(17(2)3)14-22(23)26/h7-12,14,17-18H,6,13,15-16H2,1-5H3,(H,27,30)/t18-/m0/s1. The van der Waals surface area contributed by atoms with Crippen molar-refractivity contribution in [1.82, 2.24) is 10.2 Å². The summed E-state index contributed by atoms with van der Waals surface area (Å²) >= 11 is 3.52. The van der Waals surface area contributed by atoms with Gasteiger partial charge in [0, 0.05) is 13.1 Å². The SMILES string of the molecule is CCCNC(=O)[C@H](C)N(Cc1ccc(OC)cc1)C(=O)COc1ccc(C(C)C)cc1Br. The molecule has 174 valence electrons. The molecule has 0 spiro atoms. The molecule has 0 saturated carbocycles. The van der Waals surface area contributed by atoms with E-state index in [4.69, 9.17) is 9.47 Å². The van der Waals surface area contributed by atoms with E-state index in [0.29, 0.717) is 24.8 Å². The van der Waals surface area contributed by atoms with E-state index in [1.54, 1.807) is 18.9 Å². The Hall–Kier alpha value is -2.54. The summed E-state index contributed by atoms with van der Waals surface area (Å²) in [6.45, 7) is 8.66. The first-order chi connectivity index (χ1) is 15.3. The van der Waals surface area contributed by atoms with E-state index < -0.39 is 6.04 Å². The second-order valence-corrected chi connectivity index (χ2v) is 8.82. The van der Waals surface area contributed by atoms with Gasteiger partial charge in [0.1, 0.15) is 17.5 Å². The van der Waals surface area contributed by atoms with E-state index in [0.717, 1.165) is 22.2 Å². The van der Waals surface area contributed by atoms with Crippen molar-refractivity contribution in [3.8, 4) is 11.5 Å². The van der Waals surface area contributed by atoms with Gasteiger partial charge in [-0.1, -0.05) is 39.0 Å². The molecule has 0 aromatic heterocycles. The Morgan fingerprint density at radius 1 is 1.09 bits per heavy atom. The van der Waals surface area contributed by atoms with Crippen LogP contribution in [0.4, 0.5) is 0 Å². The molecule has 1 atom stereocenters. The highest BCUT2D eigenvalue weighted by atomic mass is 79.9. The van der Waals surface area contributed by atoms with Crippen molar-refractivity contribution < 1.29 is 19.1 Å². The molecule has 2 aromatic rings. The molecular weight excluding hydrogens is 472 g/mol. The molecule has 0 aliphatic heterocycles. The van der Waals surface area contributed by atoms with Crippen LogP contribution in [0, 0.1) is 0 Å². The largest absolute Gasteiger partial charge is 0.497 e. The lowest BCUT2D eigenvalue weighted by molar-refractivity contribution is -0.142. The van der Waals surface area contributed by atoms with Crippen molar-refractivity contribution in [3.63, 3.8) is 0 Å². The fourth-order valence-corrected chi connectivity index (χ4v) is 3.63. The van der Waals surface area contributed by atoms with E-state index in [-0.39, 0.29) is 18.4 Å². The Kier molecular flexibility index (Phi) is 10.0. The third-order valence-electron chi connectivity index (χ3n) is 5.20. The third kappa shape index (κ3) is 7.26. The quantitative estimate of drug-likeness (QED) is 0.472. The summed E-state index contributed by atoms with van der Waals surface area (Å²) in [7, 11) is 1.61. The number of halogens is 1. The molecule has 0 saturated heterocycles. The number of carbonyl (C=O) groups excluding carboxylic acids is 2. The van der Waals surface area contributed by atoms with Gasteiger partial charge in [0.05, 0.1) is 11.6 Å². The molecule has 7 heteroatoms. The molecule has 0 heterocycles. The molecule has 32 heavy (non-hydrogen) atoms. The Morgan fingerprint density at radius 3 is 2.34 bits per heavy atom. The number of methoxy groups -OCH3 is 1. The highest BCUT2D eigenvalue weighted by molar-refractivity contribution is 9.10. The fraction of sp³-hybridized carbons (Fsp3) is 0.440. The van der Waals surface area contributed by atoms with Crippen LogP contribution < -0.4 is 14.8 Å². The van der Waals surface area contributed by atoms with Gasteiger partial charge in [-0.2, -0.15) is 0 Å². The molecule has 0 bridgehead atoms. The van der Waals surface area contributed by atoms with Crippen LogP contribution in [0.2, 0.25) is 0 Å². The van der Waals surface area contributed by atoms with Gasteiger partial charge in [-0.05, 0) is 70.6 Å². The summed E-state index contributed by atoms with van der Waals surface area (Å²) in [5.74, 6) is 1.27. The summed E-state index contributed by atoms with van der Waals surface area (Å²) in [5.41, 5.74) is 2.08.